The molecule has 1 aromatic heterocycles. The van der Waals surface area contributed by atoms with Gasteiger partial charge in [0.1, 0.15) is 12.0 Å². The number of halogens is 3. The number of carboxylic acids is 1. The van der Waals surface area contributed by atoms with Crippen LogP contribution >= 0.6 is 57.9 Å². The largest absolute Gasteiger partial charge is 0.483 e. The van der Waals surface area contributed by atoms with Crippen LogP contribution in [0.3, 0.4) is 0 Å². The fourth-order valence-electron chi connectivity index (χ4n) is 3.40. The number of rotatable bonds is 8. The van der Waals surface area contributed by atoms with Crippen LogP contribution in [0.4, 0.5) is 10.8 Å². The van der Waals surface area contributed by atoms with Gasteiger partial charge >= 0.3 is 5.97 Å². The summed E-state index contributed by atoms with van der Waals surface area (Å²) in [4.78, 5) is 28.0. The van der Waals surface area contributed by atoms with Crippen LogP contribution in [0.5, 0.6) is 5.75 Å². The summed E-state index contributed by atoms with van der Waals surface area (Å²) >= 11 is 20.7. The molecule has 1 N–H and O–H groups in total. The van der Waals surface area contributed by atoms with Gasteiger partial charge in [0.25, 0.3) is 0 Å². The van der Waals surface area contributed by atoms with Crippen LogP contribution in [0.2, 0.25) is 15.1 Å². The first-order valence-electron chi connectivity index (χ1n) is 10.2. The highest BCUT2D eigenvalue weighted by atomic mass is 35.5. The van der Waals surface area contributed by atoms with Crippen molar-refractivity contribution < 1.29 is 19.4 Å². The van der Waals surface area contributed by atoms with E-state index in [1.165, 1.54) is 40.1 Å². The number of aromatic nitrogens is 2. The lowest BCUT2D eigenvalue weighted by atomic mass is 10.1. The van der Waals surface area contributed by atoms with Crippen molar-refractivity contribution in [2.45, 2.75) is 23.7 Å². The van der Waals surface area contributed by atoms with Crippen LogP contribution in [0.1, 0.15) is 22.4 Å². The predicted molar refractivity (Wildman–Crippen MR) is 140 cm³/mol. The average Bonchev–Trinajstić information content (AvgIpc) is 3.37. The van der Waals surface area contributed by atoms with Crippen molar-refractivity contribution in [1.82, 2.24) is 10.2 Å². The summed E-state index contributed by atoms with van der Waals surface area (Å²) in [6.07, 6.45) is -0.283. The Morgan fingerprint density at radius 3 is 2.40 bits per heavy atom. The van der Waals surface area contributed by atoms with Crippen molar-refractivity contribution in [3.05, 3.63) is 62.0 Å². The molecule has 4 rings (SSSR count). The summed E-state index contributed by atoms with van der Waals surface area (Å²) < 4.78 is 5.73. The molecule has 13 heteroatoms. The number of hydrogen-bond donors (Lipinski definition) is 1. The van der Waals surface area contributed by atoms with Crippen molar-refractivity contribution >= 4 is 80.6 Å². The SMILES string of the molecule is CN(C)c1ccc(C2SC(CC(=O)O)C(=O)N2c2nnc(COc3c(Cl)cc(Cl)cc3Cl)s2)cc1. The molecule has 0 spiro atoms. The number of amides is 1. The molecule has 1 amide bonds. The van der Waals surface area contributed by atoms with Gasteiger partial charge in [-0.05, 0) is 29.8 Å². The van der Waals surface area contributed by atoms with E-state index >= 15 is 0 Å². The highest BCUT2D eigenvalue weighted by Gasteiger charge is 2.44. The topological polar surface area (TPSA) is 95.9 Å². The molecule has 0 saturated carbocycles. The van der Waals surface area contributed by atoms with Gasteiger partial charge in [0.2, 0.25) is 11.0 Å². The standard InChI is InChI=1S/C22H19Cl3N4O4S2/c1-28(2)13-5-3-11(4-6-13)21-29(20(32)16(34-21)9-18(30)31)22-27-26-17(35-22)10-33-19-14(24)7-12(23)8-15(19)25/h3-8,16,21H,9-10H2,1-2H3,(H,30,31). The third kappa shape index (κ3) is 5.78. The molecule has 184 valence electrons. The van der Waals surface area contributed by atoms with Crippen LogP contribution in [0.25, 0.3) is 0 Å². The molecular formula is C22H19Cl3N4O4S2. The van der Waals surface area contributed by atoms with Crippen LogP contribution in [-0.4, -0.2) is 46.5 Å². The van der Waals surface area contributed by atoms with E-state index in [2.05, 4.69) is 10.2 Å². The monoisotopic (exact) mass is 572 g/mol. The maximum Gasteiger partial charge on any atom is 0.305 e. The van der Waals surface area contributed by atoms with Crippen molar-refractivity contribution in [3.63, 3.8) is 0 Å². The number of anilines is 2. The number of benzene rings is 2. The smallest absolute Gasteiger partial charge is 0.305 e. The molecule has 8 nitrogen and oxygen atoms in total. The van der Waals surface area contributed by atoms with Gasteiger partial charge in [-0.25, -0.2) is 0 Å². The first-order chi connectivity index (χ1) is 16.6. The number of aliphatic carboxylic acids is 1. The number of ether oxygens (including phenoxy) is 1. The summed E-state index contributed by atoms with van der Waals surface area (Å²) in [5, 5.41) is 18.2. The van der Waals surface area contributed by atoms with Gasteiger partial charge in [0.05, 0.1) is 21.7 Å². The second kappa shape index (κ2) is 10.8. The van der Waals surface area contributed by atoms with Crippen LogP contribution in [-0.2, 0) is 16.2 Å². The van der Waals surface area contributed by atoms with Gasteiger partial charge < -0.3 is 14.7 Å². The minimum atomic E-state index is -1.04. The summed E-state index contributed by atoms with van der Waals surface area (Å²) in [7, 11) is 3.88. The minimum Gasteiger partial charge on any atom is -0.483 e. The molecule has 0 bridgehead atoms. The molecular weight excluding hydrogens is 555 g/mol. The zero-order chi connectivity index (χ0) is 25.3. The Morgan fingerprint density at radius 2 is 1.80 bits per heavy atom. The second-order valence-electron chi connectivity index (χ2n) is 7.73. The lowest BCUT2D eigenvalue weighted by Gasteiger charge is -2.21. The minimum absolute atomic E-state index is 0.0225. The molecule has 35 heavy (non-hydrogen) atoms. The zero-order valence-electron chi connectivity index (χ0n) is 18.4. The molecule has 3 aromatic rings. The van der Waals surface area contributed by atoms with E-state index in [0.717, 1.165) is 11.3 Å². The highest BCUT2D eigenvalue weighted by Crippen LogP contribution is 2.47. The number of hydrogen-bond acceptors (Lipinski definition) is 8. The second-order valence-corrected chi connectivity index (χ2v) is 11.3. The van der Waals surface area contributed by atoms with E-state index < -0.39 is 16.6 Å². The quantitative estimate of drug-likeness (QED) is 0.363. The van der Waals surface area contributed by atoms with Crippen molar-refractivity contribution in [2.75, 3.05) is 23.9 Å². The highest BCUT2D eigenvalue weighted by molar-refractivity contribution is 8.01. The van der Waals surface area contributed by atoms with Gasteiger partial charge in [-0.1, -0.05) is 58.3 Å². The van der Waals surface area contributed by atoms with Gasteiger partial charge in [-0.3, -0.25) is 14.5 Å². The Labute approximate surface area is 224 Å². The molecule has 0 aliphatic carbocycles. The van der Waals surface area contributed by atoms with Crippen LogP contribution < -0.4 is 14.5 Å². The Kier molecular flexibility index (Phi) is 7.97. The van der Waals surface area contributed by atoms with E-state index in [1.54, 1.807) is 0 Å². The Balaban J connectivity index is 1.58. The maximum absolute atomic E-state index is 13.2. The number of carbonyl (C=O) groups is 2. The predicted octanol–water partition coefficient (Wildman–Crippen LogP) is 5.77. The summed E-state index contributed by atoms with van der Waals surface area (Å²) in [5.74, 6) is -1.10. The molecule has 1 aliphatic rings. The van der Waals surface area contributed by atoms with Gasteiger partial charge in [-0.2, -0.15) is 0 Å². The first kappa shape index (κ1) is 25.8. The number of thioether (sulfide) groups is 1. The Bertz CT molecular complexity index is 1230. The molecule has 1 saturated heterocycles. The van der Waals surface area contributed by atoms with E-state index in [-0.39, 0.29) is 34.7 Å². The van der Waals surface area contributed by atoms with Gasteiger partial charge in [-0.15, -0.1) is 22.0 Å². The van der Waals surface area contributed by atoms with Gasteiger partial charge in [0, 0.05) is 24.8 Å². The van der Waals surface area contributed by atoms with Crippen molar-refractivity contribution in [3.8, 4) is 5.75 Å². The molecule has 2 unspecified atom stereocenters. The first-order valence-corrected chi connectivity index (χ1v) is 13.1. The zero-order valence-corrected chi connectivity index (χ0v) is 22.3. The van der Waals surface area contributed by atoms with E-state index in [0.29, 0.717) is 15.2 Å². The molecule has 2 aromatic carbocycles. The summed E-state index contributed by atoms with van der Waals surface area (Å²) in [6.45, 7) is 0.0225. The third-order valence-electron chi connectivity index (χ3n) is 5.06. The average molecular weight is 574 g/mol. The number of carbonyl (C=O) groups excluding carboxylic acids is 1. The van der Waals surface area contributed by atoms with E-state index in [1.807, 2.05) is 43.3 Å². The molecule has 1 aliphatic heterocycles. The number of carboxylic acid groups (broad SMARTS) is 1. The fourth-order valence-corrected chi connectivity index (χ4v) is 6.60. The lowest BCUT2D eigenvalue weighted by molar-refractivity contribution is -0.138. The van der Waals surface area contributed by atoms with Crippen LogP contribution in [0.15, 0.2) is 36.4 Å². The lowest BCUT2D eigenvalue weighted by Crippen LogP contribution is -2.31. The normalized spacial score (nSPS) is 17.6. The van der Waals surface area contributed by atoms with E-state index in [4.69, 9.17) is 39.5 Å². The maximum atomic E-state index is 13.2. The number of nitrogens with zero attached hydrogens (tertiary/aromatic N) is 4. The fraction of sp³-hybridized carbons (Fsp3) is 0.273. The summed E-state index contributed by atoms with van der Waals surface area (Å²) in [6, 6.07) is 10.8. The van der Waals surface area contributed by atoms with Crippen LogP contribution in [0, 0.1) is 0 Å². The Hall–Kier alpha value is -2.24. The van der Waals surface area contributed by atoms with Crippen molar-refractivity contribution in [1.29, 1.82) is 0 Å². The molecule has 2 heterocycles. The van der Waals surface area contributed by atoms with Gasteiger partial charge in [0.15, 0.2) is 10.8 Å². The van der Waals surface area contributed by atoms with E-state index in [9.17, 15) is 14.7 Å². The molecule has 0 radical (unpaired) electrons. The molecule has 1 fully saturated rings. The molecule has 2 atom stereocenters. The third-order valence-corrected chi connectivity index (χ3v) is 8.17. The summed E-state index contributed by atoms with van der Waals surface area (Å²) in [5.41, 5.74) is 1.86. The van der Waals surface area contributed by atoms with Crippen molar-refractivity contribution in [2.24, 2.45) is 0 Å². The Morgan fingerprint density at radius 1 is 1.14 bits per heavy atom.